The van der Waals surface area contributed by atoms with Crippen LogP contribution in [0.3, 0.4) is 0 Å². The molecule has 1 aliphatic rings. The maximum Gasteiger partial charge on any atom is 0.255 e. The summed E-state index contributed by atoms with van der Waals surface area (Å²) in [7, 11) is 1.98. The van der Waals surface area contributed by atoms with Crippen molar-refractivity contribution in [2.24, 2.45) is 7.05 Å². The molecule has 0 spiro atoms. The average Bonchev–Trinajstić information content (AvgIpc) is 2.79. The van der Waals surface area contributed by atoms with Gasteiger partial charge in [0.15, 0.2) is 0 Å². The van der Waals surface area contributed by atoms with Gasteiger partial charge in [0, 0.05) is 51.0 Å². The third-order valence-electron chi connectivity index (χ3n) is 4.67. The second-order valence-corrected chi connectivity index (χ2v) is 6.12. The minimum absolute atomic E-state index is 0.0851. The van der Waals surface area contributed by atoms with Crippen molar-refractivity contribution < 1.29 is 9.59 Å². The van der Waals surface area contributed by atoms with Crippen LogP contribution in [-0.2, 0) is 11.8 Å². The molecule has 0 aliphatic carbocycles. The summed E-state index contributed by atoms with van der Waals surface area (Å²) in [4.78, 5) is 28.4. The number of hydrogen-bond donors (Lipinski definition) is 0. The number of unbranched alkanes of at least 4 members (excludes halogenated alkanes) is 1. The molecule has 0 bridgehead atoms. The van der Waals surface area contributed by atoms with Crippen LogP contribution in [0, 0.1) is 13.8 Å². The highest BCUT2D eigenvalue weighted by Crippen LogP contribution is 2.17. The van der Waals surface area contributed by atoms with Gasteiger partial charge in [-0.25, -0.2) is 0 Å². The van der Waals surface area contributed by atoms with Gasteiger partial charge in [0.25, 0.3) is 5.91 Å². The van der Waals surface area contributed by atoms with Crippen LogP contribution in [0.5, 0.6) is 0 Å². The molecule has 2 amide bonds. The van der Waals surface area contributed by atoms with E-state index in [9.17, 15) is 9.59 Å². The van der Waals surface area contributed by atoms with Gasteiger partial charge in [-0.15, -0.1) is 0 Å². The van der Waals surface area contributed by atoms with Crippen LogP contribution >= 0.6 is 0 Å². The van der Waals surface area contributed by atoms with E-state index >= 15 is 0 Å². The zero-order valence-electron chi connectivity index (χ0n) is 14.2. The molecule has 5 nitrogen and oxygen atoms in total. The molecule has 1 aromatic rings. The largest absolute Gasteiger partial charge is 0.351 e. The molecule has 1 fully saturated rings. The van der Waals surface area contributed by atoms with Crippen LogP contribution in [0.4, 0.5) is 0 Å². The number of hydrogen-bond acceptors (Lipinski definition) is 2. The summed E-state index contributed by atoms with van der Waals surface area (Å²) >= 11 is 0. The number of nitrogens with zero attached hydrogens (tertiary/aromatic N) is 3. The minimum atomic E-state index is 0.0851. The minimum Gasteiger partial charge on any atom is -0.351 e. The second kappa shape index (κ2) is 6.99. The van der Waals surface area contributed by atoms with Gasteiger partial charge in [0.1, 0.15) is 0 Å². The molecule has 0 radical (unpaired) electrons. The highest BCUT2D eigenvalue weighted by Gasteiger charge is 2.26. The first-order valence-corrected chi connectivity index (χ1v) is 8.15. The van der Waals surface area contributed by atoms with E-state index in [1.807, 2.05) is 41.3 Å². The molecule has 0 aromatic carbocycles. The van der Waals surface area contributed by atoms with E-state index < -0.39 is 0 Å². The fourth-order valence-corrected chi connectivity index (χ4v) is 2.89. The third-order valence-corrected chi connectivity index (χ3v) is 4.67. The summed E-state index contributed by atoms with van der Waals surface area (Å²) < 4.78 is 2.04. The Morgan fingerprint density at radius 3 is 2.18 bits per heavy atom. The predicted octanol–water partition coefficient (Wildman–Crippen LogP) is 2.12. The summed E-state index contributed by atoms with van der Waals surface area (Å²) in [5, 5.41) is 0. The van der Waals surface area contributed by atoms with E-state index in [0.29, 0.717) is 32.6 Å². The SMILES string of the molecule is CCCCC(=O)N1CCN(C(=O)c2cc(C)n(C)c2C)CC1. The number of carbonyl (C=O) groups is 2. The monoisotopic (exact) mass is 305 g/mol. The first-order chi connectivity index (χ1) is 10.5. The van der Waals surface area contributed by atoms with Gasteiger partial charge in [0.2, 0.25) is 5.91 Å². The van der Waals surface area contributed by atoms with E-state index in [1.54, 1.807) is 0 Å². The molecule has 22 heavy (non-hydrogen) atoms. The Morgan fingerprint density at radius 1 is 1.09 bits per heavy atom. The maximum atomic E-state index is 12.6. The lowest BCUT2D eigenvalue weighted by molar-refractivity contribution is -0.132. The van der Waals surface area contributed by atoms with Crippen molar-refractivity contribution in [1.29, 1.82) is 0 Å². The molecule has 0 N–H and O–H groups in total. The fraction of sp³-hybridized carbons (Fsp3) is 0.647. The van der Waals surface area contributed by atoms with Crippen LogP contribution in [0.25, 0.3) is 0 Å². The zero-order valence-corrected chi connectivity index (χ0v) is 14.2. The molecule has 1 aliphatic heterocycles. The number of carbonyl (C=O) groups excluding carboxylic acids is 2. The number of aromatic nitrogens is 1. The van der Waals surface area contributed by atoms with Gasteiger partial charge in [-0.2, -0.15) is 0 Å². The molecular formula is C17H27N3O2. The lowest BCUT2D eigenvalue weighted by Gasteiger charge is -2.35. The molecule has 0 saturated carbocycles. The van der Waals surface area contributed by atoms with E-state index in [4.69, 9.17) is 0 Å². The van der Waals surface area contributed by atoms with E-state index in [0.717, 1.165) is 29.8 Å². The molecule has 5 heteroatoms. The second-order valence-electron chi connectivity index (χ2n) is 6.12. The summed E-state index contributed by atoms with van der Waals surface area (Å²) in [5.41, 5.74) is 2.88. The zero-order chi connectivity index (χ0) is 16.3. The summed E-state index contributed by atoms with van der Waals surface area (Å²) in [5.74, 6) is 0.308. The van der Waals surface area contributed by atoms with Crippen LogP contribution in [0.15, 0.2) is 6.07 Å². The molecule has 2 heterocycles. The Hall–Kier alpha value is -1.78. The summed E-state index contributed by atoms with van der Waals surface area (Å²) in [6.45, 7) is 8.64. The van der Waals surface area contributed by atoms with Gasteiger partial charge in [-0.1, -0.05) is 13.3 Å². The van der Waals surface area contributed by atoms with E-state index in [1.165, 1.54) is 0 Å². The van der Waals surface area contributed by atoms with Gasteiger partial charge >= 0.3 is 0 Å². The normalized spacial score (nSPS) is 15.3. The van der Waals surface area contributed by atoms with Crippen molar-refractivity contribution in [3.05, 3.63) is 23.0 Å². The lowest BCUT2D eigenvalue weighted by Crippen LogP contribution is -2.50. The molecule has 0 atom stereocenters. The third kappa shape index (κ3) is 3.34. The van der Waals surface area contributed by atoms with Crippen molar-refractivity contribution in [2.75, 3.05) is 26.2 Å². The molecule has 122 valence electrons. The first kappa shape index (κ1) is 16.6. The van der Waals surface area contributed by atoms with Crippen molar-refractivity contribution in [3.63, 3.8) is 0 Å². The van der Waals surface area contributed by atoms with Crippen molar-refractivity contribution >= 4 is 11.8 Å². The molecular weight excluding hydrogens is 278 g/mol. The van der Waals surface area contributed by atoms with Gasteiger partial charge in [-0.3, -0.25) is 9.59 Å². The summed E-state index contributed by atoms with van der Waals surface area (Å²) in [6.07, 6.45) is 2.61. The summed E-state index contributed by atoms with van der Waals surface area (Å²) in [6, 6.07) is 1.95. The van der Waals surface area contributed by atoms with Crippen LogP contribution in [-0.4, -0.2) is 52.4 Å². The van der Waals surface area contributed by atoms with Crippen molar-refractivity contribution in [3.8, 4) is 0 Å². The molecule has 2 rings (SSSR count). The van der Waals surface area contributed by atoms with Gasteiger partial charge < -0.3 is 14.4 Å². The Morgan fingerprint density at radius 2 is 1.68 bits per heavy atom. The van der Waals surface area contributed by atoms with Gasteiger partial charge in [0.05, 0.1) is 5.56 Å². The Labute approximate surface area is 132 Å². The van der Waals surface area contributed by atoms with Crippen LogP contribution < -0.4 is 0 Å². The van der Waals surface area contributed by atoms with Crippen LogP contribution in [0.1, 0.15) is 47.9 Å². The Bertz CT molecular complexity index is 554. The van der Waals surface area contributed by atoms with E-state index in [-0.39, 0.29) is 11.8 Å². The lowest BCUT2D eigenvalue weighted by atomic mass is 10.2. The highest BCUT2D eigenvalue weighted by atomic mass is 16.2. The Balaban J connectivity index is 1.95. The maximum absolute atomic E-state index is 12.6. The number of amides is 2. The number of piperazine rings is 1. The molecule has 0 unspecified atom stereocenters. The highest BCUT2D eigenvalue weighted by molar-refractivity contribution is 5.96. The standard InChI is InChI=1S/C17H27N3O2/c1-5-6-7-16(21)19-8-10-20(11-9-19)17(22)15-12-13(2)18(4)14(15)3/h12H,5-11H2,1-4H3. The average molecular weight is 305 g/mol. The van der Waals surface area contributed by atoms with Gasteiger partial charge in [-0.05, 0) is 26.3 Å². The van der Waals surface area contributed by atoms with E-state index in [2.05, 4.69) is 6.92 Å². The fourth-order valence-electron chi connectivity index (χ4n) is 2.89. The number of aryl methyl sites for hydroxylation is 1. The Kier molecular flexibility index (Phi) is 5.27. The predicted molar refractivity (Wildman–Crippen MR) is 86.9 cm³/mol. The smallest absolute Gasteiger partial charge is 0.255 e. The number of rotatable bonds is 4. The van der Waals surface area contributed by atoms with Crippen molar-refractivity contribution in [2.45, 2.75) is 40.0 Å². The topological polar surface area (TPSA) is 45.6 Å². The van der Waals surface area contributed by atoms with Crippen molar-refractivity contribution in [1.82, 2.24) is 14.4 Å². The molecule has 1 aromatic heterocycles. The molecule has 1 saturated heterocycles. The van der Waals surface area contributed by atoms with Crippen LogP contribution in [0.2, 0.25) is 0 Å². The quantitative estimate of drug-likeness (QED) is 0.855. The first-order valence-electron chi connectivity index (χ1n) is 8.15.